The van der Waals surface area contributed by atoms with Crippen LogP contribution in [-0.4, -0.2) is 9.97 Å². The van der Waals surface area contributed by atoms with Gasteiger partial charge in [0.2, 0.25) is 11.4 Å². The Balaban J connectivity index is 2.19. The van der Waals surface area contributed by atoms with Crippen LogP contribution >= 0.6 is 0 Å². The maximum atomic E-state index is 4.34. The predicted molar refractivity (Wildman–Crippen MR) is 78.8 cm³/mol. The monoisotopic (exact) mass is 262 g/mol. The SMILES string of the molecule is Cc1ccccc1-c1cccc(-c2ccncn2)[n+]1C. The van der Waals surface area contributed by atoms with Crippen molar-refractivity contribution < 1.29 is 4.57 Å². The fourth-order valence-corrected chi connectivity index (χ4v) is 2.41. The molecule has 0 saturated carbocycles. The van der Waals surface area contributed by atoms with E-state index in [4.69, 9.17) is 0 Å². The summed E-state index contributed by atoms with van der Waals surface area (Å²) in [6, 6.07) is 16.6. The summed E-state index contributed by atoms with van der Waals surface area (Å²) in [4.78, 5) is 8.31. The molecule has 0 amide bonds. The molecule has 0 unspecified atom stereocenters. The quantitative estimate of drug-likeness (QED) is 0.665. The first-order valence-corrected chi connectivity index (χ1v) is 6.59. The summed E-state index contributed by atoms with van der Waals surface area (Å²) >= 11 is 0. The van der Waals surface area contributed by atoms with Gasteiger partial charge in [0, 0.05) is 23.9 Å². The predicted octanol–water partition coefficient (Wildman–Crippen LogP) is 2.94. The van der Waals surface area contributed by atoms with Crippen LogP contribution in [0.5, 0.6) is 0 Å². The average Bonchev–Trinajstić information content (AvgIpc) is 2.49. The van der Waals surface area contributed by atoms with Crippen LogP contribution in [0.3, 0.4) is 0 Å². The lowest BCUT2D eigenvalue weighted by Crippen LogP contribution is -2.34. The van der Waals surface area contributed by atoms with E-state index in [0.717, 1.165) is 11.4 Å². The van der Waals surface area contributed by atoms with E-state index < -0.39 is 0 Å². The minimum Gasteiger partial charge on any atom is -0.245 e. The fourth-order valence-electron chi connectivity index (χ4n) is 2.41. The second kappa shape index (κ2) is 5.21. The molecule has 1 aromatic carbocycles. The summed E-state index contributed by atoms with van der Waals surface area (Å²) in [6.45, 7) is 2.13. The first kappa shape index (κ1) is 12.5. The van der Waals surface area contributed by atoms with Crippen LogP contribution in [0.1, 0.15) is 5.56 Å². The van der Waals surface area contributed by atoms with Gasteiger partial charge in [-0.3, -0.25) is 0 Å². The van der Waals surface area contributed by atoms with Gasteiger partial charge in [-0.1, -0.05) is 18.2 Å². The number of hydrogen-bond acceptors (Lipinski definition) is 2. The van der Waals surface area contributed by atoms with Crippen molar-refractivity contribution >= 4 is 0 Å². The smallest absolute Gasteiger partial charge is 0.231 e. The lowest BCUT2D eigenvalue weighted by molar-refractivity contribution is -0.649. The first-order chi connectivity index (χ1) is 9.77. The van der Waals surface area contributed by atoms with Crippen LogP contribution in [0.15, 0.2) is 61.1 Å². The van der Waals surface area contributed by atoms with Gasteiger partial charge in [-0.25, -0.2) is 9.97 Å². The Labute approximate surface area is 118 Å². The molecule has 0 bridgehead atoms. The lowest BCUT2D eigenvalue weighted by atomic mass is 10.0. The lowest BCUT2D eigenvalue weighted by Gasteiger charge is -2.06. The standard InChI is InChI=1S/C17H16N3/c1-13-6-3-4-7-14(13)16-8-5-9-17(20(16)2)15-10-11-18-12-19-15/h3-12H,1-2H3/q+1. The maximum absolute atomic E-state index is 4.34. The van der Waals surface area contributed by atoms with Gasteiger partial charge in [-0.15, -0.1) is 0 Å². The highest BCUT2D eigenvalue weighted by Crippen LogP contribution is 2.21. The molecule has 0 aliphatic rings. The normalized spacial score (nSPS) is 10.5. The van der Waals surface area contributed by atoms with Gasteiger partial charge in [-0.05, 0) is 30.7 Å². The molecule has 0 saturated heterocycles. The Hall–Kier alpha value is -2.55. The molecular formula is C17H16N3+. The second-order valence-electron chi connectivity index (χ2n) is 4.76. The second-order valence-corrected chi connectivity index (χ2v) is 4.76. The van der Waals surface area contributed by atoms with E-state index in [1.807, 2.05) is 6.07 Å². The van der Waals surface area contributed by atoms with Crippen LogP contribution in [0.4, 0.5) is 0 Å². The van der Waals surface area contributed by atoms with Gasteiger partial charge < -0.3 is 0 Å². The van der Waals surface area contributed by atoms with E-state index in [-0.39, 0.29) is 0 Å². The number of rotatable bonds is 2. The molecule has 3 nitrogen and oxygen atoms in total. The Kier molecular flexibility index (Phi) is 3.25. The zero-order valence-electron chi connectivity index (χ0n) is 11.6. The van der Waals surface area contributed by atoms with E-state index in [9.17, 15) is 0 Å². The number of aromatic nitrogens is 3. The molecule has 3 heteroatoms. The maximum Gasteiger partial charge on any atom is 0.231 e. The number of pyridine rings is 1. The largest absolute Gasteiger partial charge is 0.245 e. The molecule has 0 atom stereocenters. The zero-order valence-corrected chi connectivity index (χ0v) is 11.6. The summed E-state index contributed by atoms with van der Waals surface area (Å²) in [5.41, 5.74) is 5.69. The van der Waals surface area contributed by atoms with E-state index in [1.54, 1.807) is 12.5 Å². The van der Waals surface area contributed by atoms with Gasteiger partial charge in [0.25, 0.3) is 0 Å². The molecule has 98 valence electrons. The highest BCUT2D eigenvalue weighted by atomic mass is 15.0. The van der Waals surface area contributed by atoms with Crippen molar-refractivity contribution in [2.45, 2.75) is 6.92 Å². The summed E-state index contributed by atoms with van der Waals surface area (Å²) in [5, 5.41) is 0. The molecule has 3 aromatic rings. The van der Waals surface area contributed by atoms with Crippen LogP contribution in [0.25, 0.3) is 22.6 Å². The van der Waals surface area contributed by atoms with Crippen LogP contribution in [-0.2, 0) is 7.05 Å². The van der Waals surface area contributed by atoms with Gasteiger partial charge in [0.05, 0.1) is 0 Å². The van der Waals surface area contributed by atoms with Crippen LogP contribution in [0, 0.1) is 6.92 Å². The molecule has 0 N–H and O–H groups in total. The Morgan fingerprint density at radius 3 is 2.45 bits per heavy atom. The molecule has 20 heavy (non-hydrogen) atoms. The molecule has 0 aliphatic carbocycles. The van der Waals surface area contributed by atoms with Crippen molar-refractivity contribution in [3.8, 4) is 22.6 Å². The van der Waals surface area contributed by atoms with E-state index in [0.29, 0.717) is 0 Å². The van der Waals surface area contributed by atoms with Crippen molar-refractivity contribution in [3.63, 3.8) is 0 Å². The Morgan fingerprint density at radius 2 is 1.70 bits per heavy atom. The summed E-state index contributed by atoms with van der Waals surface area (Å²) in [6.07, 6.45) is 3.35. The number of nitrogens with zero attached hydrogens (tertiary/aromatic N) is 3. The zero-order chi connectivity index (χ0) is 13.9. The highest BCUT2D eigenvalue weighted by molar-refractivity contribution is 5.62. The molecule has 2 heterocycles. The third-order valence-corrected chi connectivity index (χ3v) is 3.50. The molecule has 2 aromatic heterocycles. The average molecular weight is 262 g/mol. The molecular weight excluding hydrogens is 246 g/mol. The summed E-state index contributed by atoms with van der Waals surface area (Å²) in [5.74, 6) is 0. The van der Waals surface area contributed by atoms with Crippen molar-refractivity contribution in [1.82, 2.24) is 9.97 Å². The fraction of sp³-hybridized carbons (Fsp3) is 0.118. The van der Waals surface area contributed by atoms with Gasteiger partial charge in [0.1, 0.15) is 19.1 Å². The van der Waals surface area contributed by atoms with Crippen molar-refractivity contribution in [2.75, 3.05) is 0 Å². The number of aryl methyl sites for hydroxylation is 1. The van der Waals surface area contributed by atoms with Gasteiger partial charge in [0.15, 0.2) is 0 Å². The van der Waals surface area contributed by atoms with Crippen LogP contribution < -0.4 is 4.57 Å². The molecule has 0 aliphatic heterocycles. The highest BCUT2D eigenvalue weighted by Gasteiger charge is 2.17. The third-order valence-electron chi connectivity index (χ3n) is 3.50. The Bertz CT molecular complexity index is 736. The molecule has 3 rings (SSSR count). The minimum absolute atomic E-state index is 0.929. The third kappa shape index (κ3) is 2.18. The van der Waals surface area contributed by atoms with Crippen molar-refractivity contribution in [2.24, 2.45) is 7.05 Å². The minimum atomic E-state index is 0.929. The van der Waals surface area contributed by atoms with Crippen molar-refractivity contribution in [1.29, 1.82) is 0 Å². The first-order valence-electron chi connectivity index (χ1n) is 6.59. The van der Waals surface area contributed by atoms with E-state index in [2.05, 4.69) is 71.0 Å². The van der Waals surface area contributed by atoms with Crippen LogP contribution in [0.2, 0.25) is 0 Å². The topological polar surface area (TPSA) is 29.7 Å². The van der Waals surface area contributed by atoms with Crippen molar-refractivity contribution in [3.05, 3.63) is 66.6 Å². The Morgan fingerprint density at radius 1 is 0.900 bits per heavy atom. The van der Waals surface area contributed by atoms with Gasteiger partial charge >= 0.3 is 0 Å². The molecule has 0 fully saturated rings. The summed E-state index contributed by atoms with van der Waals surface area (Å²) in [7, 11) is 2.07. The van der Waals surface area contributed by atoms with Gasteiger partial charge in [-0.2, -0.15) is 4.57 Å². The molecule has 0 spiro atoms. The summed E-state index contributed by atoms with van der Waals surface area (Å²) < 4.78 is 2.17. The van der Waals surface area contributed by atoms with E-state index >= 15 is 0 Å². The molecule has 0 radical (unpaired) electrons. The van der Waals surface area contributed by atoms with E-state index in [1.165, 1.54) is 16.8 Å². The number of hydrogen-bond donors (Lipinski definition) is 0. The number of benzene rings is 1.